The first-order valence-electron chi connectivity index (χ1n) is 7.66. The molecule has 22 heavy (non-hydrogen) atoms. The highest BCUT2D eigenvalue weighted by molar-refractivity contribution is 7.99. The summed E-state index contributed by atoms with van der Waals surface area (Å²) in [7, 11) is 0. The van der Waals surface area contributed by atoms with Gasteiger partial charge in [0.25, 0.3) is 0 Å². The van der Waals surface area contributed by atoms with Gasteiger partial charge in [-0.25, -0.2) is 4.68 Å². The highest BCUT2D eigenvalue weighted by atomic mass is 32.2. The smallest absolute Gasteiger partial charge is 0.210 e. The normalized spacial score (nSPS) is 15.4. The molecule has 5 nitrogen and oxygen atoms in total. The summed E-state index contributed by atoms with van der Waals surface area (Å²) in [5.41, 5.74) is 2.99. The summed E-state index contributed by atoms with van der Waals surface area (Å²) in [6.45, 7) is 4.01. The molecule has 1 fully saturated rings. The molecular weight excluding hydrogens is 296 g/mol. The molecule has 1 heterocycles. The number of aryl methyl sites for hydroxylation is 2. The Kier molecular flexibility index (Phi) is 4.57. The van der Waals surface area contributed by atoms with E-state index in [4.69, 9.17) is 0 Å². The number of thioether (sulfide) groups is 1. The maximum atomic E-state index is 12.4. The Labute approximate surface area is 134 Å². The Balaban J connectivity index is 1.67. The van der Waals surface area contributed by atoms with Gasteiger partial charge in [-0.05, 0) is 42.7 Å². The Morgan fingerprint density at radius 1 is 1.32 bits per heavy atom. The molecule has 0 aliphatic heterocycles. The van der Waals surface area contributed by atoms with Gasteiger partial charge >= 0.3 is 0 Å². The fourth-order valence-electron chi connectivity index (χ4n) is 2.99. The predicted molar refractivity (Wildman–Crippen MR) is 86.3 cm³/mol. The van der Waals surface area contributed by atoms with E-state index >= 15 is 0 Å². The molecule has 1 saturated carbocycles. The molecule has 0 bridgehead atoms. The molecule has 0 unspecified atom stereocenters. The first-order valence-corrected chi connectivity index (χ1v) is 8.65. The lowest BCUT2D eigenvalue weighted by atomic mass is 10.0. The summed E-state index contributed by atoms with van der Waals surface area (Å²) in [6.07, 6.45) is 4.72. The van der Waals surface area contributed by atoms with Gasteiger partial charge in [-0.3, -0.25) is 4.79 Å². The number of Topliss-reactive ketones (excluding diaryl/α,β-unsaturated/α-hetero) is 1. The zero-order valence-corrected chi connectivity index (χ0v) is 13.8. The minimum Gasteiger partial charge on any atom is -0.293 e. The summed E-state index contributed by atoms with van der Waals surface area (Å²) >= 11 is 1.43. The summed E-state index contributed by atoms with van der Waals surface area (Å²) in [4.78, 5) is 12.4. The number of carbonyl (C=O) groups excluding carboxylic acids is 1. The van der Waals surface area contributed by atoms with E-state index in [-0.39, 0.29) is 5.78 Å². The number of aromatic nitrogens is 4. The monoisotopic (exact) mass is 316 g/mol. The lowest BCUT2D eigenvalue weighted by Gasteiger charge is -2.10. The van der Waals surface area contributed by atoms with E-state index in [1.165, 1.54) is 30.2 Å². The van der Waals surface area contributed by atoms with Gasteiger partial charge < -0.3 is 0 Å². The minimum absolute atomic E-state index is 0.128. The first-order chi connectivity index (χ1) is 10.6. The molecule has 116 valence electrons. The van der Waals surface area contributed by atoms with E-state index in [0.717, 1.165) is 29.1 Å². The third-order valence-electron chi connectivity index (χ3n) is 4.15. The van der Waals surface area contributed by atoms with Crippen molar-refractivity contribution in [2.24, 2.45) is 0 Å². The van der Waals surface area contributed by atoms with E-state index in [1.807, 2.05) is 36.7 Å². The van der Waals surface area contributed by atoms with Crippen molar-refractivity contribution in [1.82, 2.24) is 20.2 Å². The Bertz CT molecular complexity index is 677. The summed E-state index contributed by atoms with van der Waals surface area (Å²) in [5, 5.41) is 12.7. The lowest BCUT2D eigenvalue weighted by Crippen LogP contribution is -2.10. The summed E-state index contributed by atoms with van der Waals surface area (Å²) < 4.78 is 1.90. The quantitative estimate of drug-likeness (QED) is 0.625. The second-order valence-electron chi connectivity index (χ2n) is 5.87. The Morgan fingerprint density at radius 3 is 2.82 bits per heavy atom. The molecular formula is C16H20N4OS. The second-order valence-corrected chi connectivity index (χ2v) is 6.82. The van der Waals surface area contributed by atoms with Crippen LogP contribution in [0.2, 0.25) is 0 Å². The highest BCUT2D eigenvalue weighted by Crippen LogP contribution is 2.31. The largest absolute Gasteiger partial charge is 0.293 e. The van der Waals surface area contributed by atoms with Crippen LogP contribution in [0, 0.1) is 13.8 Å². The molecule has 0 spiro atoms. The molecule has 1 aromatic carbocycles. The van der Waals surface area contributed by atoms with Crippen molar-refractivity contribution in [3.63, 3.8) is 0 Å². The van der Waals surface area contributed by atoms with Crippen molar-refractivity contribution in [2.45, 2.75) is 50.7 Å². The molecule has 0 saturated heterocycles. The SMILES string of the molecule is Cc1ccc(C(=O)CSc2nnnn2C2CCCC2)c(C)c1. The van der Waals surface area contributed by atoms with Crippen molar-refractivity contribution >= 4 is 17.5 Å². The van der Waals surface area contributed by atoms with Crippen LogP contribution < -0.4 is 0 Å². The van der Waals surface area contributed by atoms with E-state index in [2.05, 4.69) is 15.5 Å². The van der Waals surface area contributed by atoms with Crippen molar-refractivity contribution in [3.8, 4) is 0 Å². The molecule has 0 radical (unpaired) electrons. The van der Waals surface area contributed by atoms with Crippen LogP contribution in [0.1, 0.15) is 53.2 Å². The molecule has 1 aliphatic rings. The number of carbonyl (C=O) groups is 1. The number of hydrogen-bond donors (Lipinski definition) is 0. The third-order valence-corrected chi connectivity index (χ3v) is 5.08. The lowest BCUT2D eigenvalue weighted by molar-refractivity contribution is 0.102. The van der Waals surface area contributed by atoms with Crippen LogP contribution in [0.4, 0.5) is 0 Å². The molecule has 6 heteroatoms. The van der Waals surface area contributed by atoms with Crippen molar-refractivity contribution in [1.29, 1.82) is 0 Å². The third kappa shape index (κ3) is 3.21. The van der Waals surface area contributed by atoms with Crippen LogP contribution in [0.3, 0.4) is 0 Å². The van der Waals surface area contributed by atoms with Gasteiger partial charge in [-0.15, -0.1) is 5.10 Å². The van der Waals surface area contributed by atoms with Gasteiger partial charge in [0.05, 0.1) is 11.8 Å². The maximum Gasteiger partial charge on any atom is 0.210 e. The number of tetrazole rings is 1. The molecule has 0 atom stereocenters. The standard InChI is InChI=1S/C16H20N4OS/c1-11-7-8-14(12(2)9-11)15(21)10-22-16-17-18-19-20(16)13-5-3-4-6-13/h7-9,13H,3-6,10H2,1-2H3. The molecule has 2 aromatic rings. The number of ketones is 1. The van der Waals surface area contributed by atoms with Crippen LogP contribution in [-0.4, -0.2) is 31.7 Å². The van der Waals surface area contributed by atoms with Gasteiger partial charge in [-0.1, -0.05) is 48.4 Å². The Hall–Kier alpha value is -1.69. The number of hydrogen-bond acceptors (Lipinski definition) is 5. The zero-order chi connectivity index (χ0) is 15.5. The van der Waals surface area contributed by atoms with Gasteiger partial charge in [0.2, 0.25) is 5.16 Å². The summed E-state index contributed by atoms with van der Waals surface area (Å²) in [6, 6.07) is 6.33. The number of rotatable bonds is 5. The predicted octanol–water partition coefficient (Wildman–Crippen LogP) is 3.38. The van der Waals surface area contributed by atoms with Crippen molar-refractivity contribution in [3.05, 3.63) is 34.9 Å². The highest BCUT2D eigenvalue weighted by Gasteiger charge is 2.22. The zero-order valence-electron chi connectivity index (χ0n) is 13.0. The van der Waals surface area contributed by atoms with Gasteiger partial charge in [0.15, 0.2) is 5.78 Å². The van der Waals surface area contributed by atoms with Crippen LogP contribution in [0.5, 0.6) is 0 Å². The van der Waals surface area contributed by atoms with Crippen LogP contribution in [-0.2, 0) is 0 Å². The van der Waals surface area contributed by atoms with E-state index in [9.17, 15) is 4.79 Å². The molecule has 3 rings (SSSR count). The fraction of sp³-hybridized carbons (Fsp3) is 0.500. The van der Waals surface area contributed by atoms with Gasteiger partial charge in [-0.2, -0.15) is 0 Å². The maximum absolute atomic E-state index is 12.4. The van der Waals surface area contributed by atoms with Gasteiger partial charge in [0.1, 0.15) is 0 Å². The fourth-order valence-corrected chi connectivity index (χ4v) is 3.82. The van der Waals surface area contributed by atoms with E-state index < -0.39 is 0 Å². The number of nitrogens with zero attached hydrogens (tertiary/aromatic N) is 4. The van der Waals surface area contributed by atoms with E-state index in [1.54, 1.807) is 0 Å². The second kappa shape index (κ2) is 6.60. The minimum atomic E-state index is 0.128. The molecule has 1 aromatic heterocycles. The van der Waals surface area contributed by atoms with Crippen LogP contribution in [0.15, 0.2) is 23.4 Å². The average molecular weight is 316 g/mol. The first kappa shape index (κ1) is 15.2. The molecule has 0 N–H and O–H groups in total. The summed E-state index contributed by atoms with van der Waals surface area (Å²) in [5.74, 6) is 0.500. The topological polar surface area (TPSA) is 60.7 Å². The average Bonchev–Trinajstić information content (AvgIpc) is 3.15. The van der Waals surface area contributed by atoms with Crippen LogP contribution in [0.25, 0.3) is 0 Å². The van der Waals surface area contributed by atoms with Crippen molar-refractivity contribution in [2.75, 3.05) is 5.75 Å². The van der Waals surface area contributed by atoms with Gasteiger partial charge in [0, 0.05) is 5.56 Å². The van der Waals surface area contributed by atoms with Crippen molar-refractivity contribution < 1.29 is 4.79 Å². The van der Waals surface area contributed by atoms with Crippen LogP contribution >= 0.6 is 11.8 Å². The molecule has 1 aliphatic carbocycles. The number of benzene rings is 1. The molecule has 0 amide bonds. The van der Waals surface area contributed by atoms with E-state index in [0.29, 0.717) is 11.8 Å². The Morgan fingerprint density at radius 2 is 2.09 bits per heavy atom.